The highest BCUT2D eigenvalue weighted by Gasteiger charge is 2.35. The van der Waals surface area contributed by atoms with Gasteiger partial charge in [-0.3, -0.25) is 19.7 Å². The van der Waals surface area contributed by atoms with E-state index < -0.39 is 4.92 Å². The Hall–Kier alpha value is -2.74. The number of likely N-dealkylation sites (tertiary alicyclic amines) is 1. The van der Waals surface area contributed by atoms with Gasteiger partial charge in [-0.15, -0.1) is 11.3 Å². The number of rotatable bonds is 3. The third kappa shape index (κ3) is 3.32. The quantitative estimate of drug-likeness (QED) is 0.600. The molecule has 4 rings (SSSR count). The van der Waals surface area contributed by atoms with E-state index in [2.05, 4.69) is 0 Å². The Bertz CT molecular complexity index is 896. The summed E-state index contributed by atoms with van der Waals surface area (Å²) < 4.78 is 0. The molecule has 2 aromatic rings. The van der Waals surface area contributed by atoms with E-state index in [4.69, 9.17) is 0 Å². The van der Waals surface area contributed by atoms with Crippen molar-refractivity contribution in [2.75, 3.05) is 24.5 Å². The maximum Gasteiger partial charge on any atom is 0.271 e. The van der Waals surface area contributed by atoms with E-state index in [0.717, 1.165) is 18.4 Å². The zero-order valence-electron chi connectivity index (χ0n) is 14.7. The summed E-state index contributed by atoms with van der Waals surface area (Å²) in [6.07, 6.45) is 2.21. The molecule has 140 valence electrons. The van der Waals surface area contributed by atoms with Crippen molar-refractivity contribution in [2.45, 2.75) is 19.3 Å². The van der Waals surface area contributed by atoms with Crippen LogP contribution in [0.2, 0.25) is 0 Å². The number of anilines is 1. The van der Waals surface area contributed by atoms with Gasteiger partial charge in [0.2, 0.25) is 5.91 Å². The van der Waals surface area contributed by atoms with Gasteiger partial charge in [0.1, 0.15) is 0 Å². The fourth-order valence-corrected chi connectivity index (χ4v) is 4.54. The molecule has 1 fully saturated rings. The van der Waals surface area contributed by atoms with Gasteiger partial charge in [-0.25, -0.2) is 0 Å². The first-order valence-corrected chi connectivity index (χ1v) is 9.84. The number of thiophene rings is 1. The third-order valence-electron chi connectivity index (χ3n) is 5.23. The molecule has 7 nitrogen and oxygen atoms in total. The molecule has 3 heterocycles. The molecule has 0 spiro atoms. The highest BCUT2D eigenvalue weighted by molar-refractivity contribution is 7.12. The fraction of sp³-hybridized carbons (Fsp3) is 0.368. The van der Waals surface area contributed by atoms with Crippen molar-refractivity contribution in [3.8, 4) is 0 Å². The highest BCUT2D eigenvalue weighted by atomic mass is 32.1. The molecule has 2 aliphatic rings. The minimum absolute atomic E-state index is 0.00778. The molecule has 0 aliphatic carbocycles. The van der Waals surface area contributed by atoms with Crippen LogP contribution in [0, 0.1) is 16.0 Å². The Labute approximate surface area is 160 Å². The molecule has 0 N–H and O–H groups in total. The minimum Gasteiger partial charge on any atom is -0.337 e. The molecule has 0 radical (unpaired) electrons. The number of piperidine rings is 1. The number of carbonyl (C=O) groups excluding carboxylic acids is 2. The van der Waals surface area contributed by atoms with Crippen LogP contribution in [-0.4, -0.2) is 41.3 Å². The molecule has 27 heavy (non-hydrogen) atoms. The van der Waals surface area contributed by atoms with Gasteiger partial charge in [0.05, 0.1) is 21.4 Å². The van der Waals surface area contributed by atoms with Crippen molar-refractivity contribution in [3.05, 3.63) is 56.3 Å². The van der Waals surface area contributed by atoms with Crippen LogP contribution in [0.5, 0.6) is 0 Å². The van der Waals surface area contributed by atoms with Gasteiger partial charge in [0, 0.05) is 31.8 Å². The Morgan fingerprint density at radius 3 is 2.81 bits per heavy atom. The number of benzene rings is 1. The number of nitrogens with zero attached hydrogens (tertiary/aromatic N) is 3. The molecule has 1 aromatic carbocycles. The van der Waals surface area contributed by atoms with Crippen LogP contribution in [0.1, 0.15) is 28.1 Å². The van der Waals surface area contributed by atoms with Crippen molar-refractivity contribution in [1.29, 1.82) is 0 Å². The van der Waals surface area contributed by atoms with E-state index in [0.29, 0.717) is 36.6 Å². The number of carbonyl (C=O) groups is 2. The second-order valence-electron chi connectivity index (χ2n) is 6.88. The van der Waals surface area contributed by atoms with Crippen molar-refractivity contribution < 1.29 is 14.5 Å². The van der Waals surface area contributed by atoms with Gasteiger partial charge >= 0.3 is 0 Å². The molecule has 0 saturated carbocycles. The molecule has 1 unspecified atom stereocenters. The van der Waals surface area contributed by atoms with E-state index >= 15 is 0 Å². The SMILES string of the molecule is O=C(c1cccs1)N1CCCC(C(=O)N2CCc3ccc([N+](=O)[O-])cc32)C1. The average molecular weight is 385 g/mol. The number of amides is 2. The van der Waals surface area contributed by atoms with Gasteiger partial charge in [-0.2, -0.15) is 0 Å². The van der Waals surface area contributed by atoms with Crippen molar-refractivity contribution in [2.24, 2.45) is 5.92 Å². The zero-order chi connectivity index (χ0) is 19.0. The number of non-ortho nitro benzene ring substituents is 1. The molecule has 1 saturated heterocycles. The smallest absolute Gasteiger partial charge is 0.271 e. The average Bonchev–Trinajstić information content (AvgIpc) is 3.36. The van der Waals surface area contributed by atoms with E-state index in [9.17, 15) is 19.7 Å². The van der Waals surface area contributed by atoms with Crippen LogP contribution >= 0.6 is 11.3 Å². The molecular weight excluding hydrogens is 366 g/mol. The number of fused-ring (bicyclic) bond motifs is 1. The minimum atomic E-state index is -0.441. The monoisotopic (exact) mass is 385 g/mol. The first kappa shape index (κ1) is 17.7. The van der Waals surface area contributed by atoms with Crippen molar-refractivity contribution >= 4 is 34.5 Å². The Balaban J connectivity index is 1.51. The summed E-state index contributed by atoms with van der Waals surface area (Å²) >= 11 is 1.40. The zero-order valence-corrected chi connectivity index (χ0v) is 15.5. The first-order chi connectivity index (χ1) is 13.0. The molecule has 8 heteroatoms. The maximum absolute atomic E-state index is 13.1. The summed E-state index contributed by atoms with van der Waals surface area (Å²) in [4.78, 5) is 40.4. The summed E-state index contributed by atoms with van der Waals surface area (Å²) in [6, 6.07) is 8.34. The van der Waals surface area contributed by atoms with Crippen LogP contribution in [0.15, 0.2) is 35.7 Å². The lowest BCUT2D eigenvalue weighted by Crippen LogP contribution is -2.46. The van der Waals surface area contributed by atoms with Crippen molar-refractivity contribution in [3.63, 3.8) is 0 Å². The molecule has 2 aliphatic heterocycles. The maximum atomic E-state index is 13.1. The number of nitro benzene ring substituents is 1. The number of hydrogen-bond acceptors (Lipinski definition) is 5. The molecule has 1 aromatic heterocycles. The van der Waals surface area contributed by atoms with Gasteiger partial charge < -0.3 is 9.80 Å². The lowest BCUT2D eigenvalue weighted by Gasteiger charge is -2.33. The Morgan fingerprint density at radius 1 is 1.22 bits per heavy atom. The molecule has 1 atom stereocenters. The van der Waals surface area contributed by atoms with Crippen molar-refractivity contribution in [1.82, 2.24) is 4.90 Å². The lowest BCUT2D eigenvalue weighted by molar-refractivity contribution is -0.384. The van der Waals surface area contributed by atoms with E-state index in [-0.39, 0.29) is 23.4 Å². The van der Waals surface area contributed by atoms with Gasteiger partial charge in [-0.05, 0) is 36.3 Å². The topological polar surface area (TPSA) is 83.8 Å². The lowest BCUT2D eigenvalue weighted by atomic mass is 9.96. The summed E-state index contributed by atoms with van der Waals surface area (Å²) in [5, 5.41) is 12.9. The third-order valence-corrected chi connectivity index (χ3v) is 6.09. The Kier molecular flexibility index (Phi) is 4.65. The van der Waals surface area contributed by atoms with E-state index in [1.807, 2.05) is 11.4 Å². The van der Waals surface area contributed by atoms with Gasteiger partial charge in [0.25, 0.3) is 11.6 Å². The fourth-order valence-electron chi connectivity index (χ4n) is 3.85. The summed E-state index contributed by atoms with van der Waals surface area (Å²) in [7, 11) is 0. The van der Waals surface area contributed by atoms with Crippen LogP contribution in [-0.2, 0) is 11.2 Å². The van der Waals surface area contributed by atoms with Crippen LogP contribution in [0.3, 0.4) is 0 Å². The van der Waals surface area contributed by atoms with E-state index in [1.165, 1.54) is 23.5 Å². The van der Waals surface area contributed by atoms with Gasteiger partial charge in [-0.1, -0.05) is 12.1 Å². The van der Waals surface area contributed by atoms with Gasteiger partial charge in [0.15, 0.2) is 0 Å². The standard InChI is InChI=1S/C19H19N3O4S/c23-18(21-9-7-13-5-6-15(22(25)26)11-16(13)21)14-3-1-8-20(12-14)19(24)17-4-2-10-27-17/h2,4-6,10-11,14H,1,3,7-9,12H2. The molecule has 2 amide bonds. The van der Waals surface area contributed by atoms with Crippen LogP contribution in [0.4, 0.5) is 11.4 Å². The summed E-state index contributed by atoms with van der Waals surface area (Å²) in [6.45, 7) is 1.59. The predicted molar refractivity (Wildman–Crippen MR) is 102 cm³/mol. The predicted octanol–water partition coefficient (Wildman–Crippen LogP) is 3.10. The van der Waals surface area contributed by atoms with Crippen LogP contribution < -0.4 is 4.90 Å². The second kappa shape index (κ2) is 7.11. The largest absolute Gasteiger partial charge is 0.337 e. The molecular formula is C19H19N3O4S. The summed E-state index contributed by atoms with van der Waals surface area (Å²) in [5.41, 5.74) is 1.58. The molecule has 0 bridgehead atoms. The second-order valence-corrected chi connectivity index (χ2v) is 7.83. The highest BCUT2D eigenvalue weighted by Crippen LogP contribution is 2.34. The Morgan fingerprint density at radius 2 is 2.07 bits per heavy atom. The number of hydrogen-bond donors (Lipinski definition) is 0. The summed E-state index contributed by atoms with van der Waals surface area (Å²) in [5.74, 6) is -0.342. The number of nitro groups is 1. The van der Waals surface area contributed by atoms with E-state index in [1.54, 1.807) is 21.9 Å². The van der Waals surface area contributed by atoms with Crippen LogP contribution in [0.25, 0.3) is 0 Å². The normalized spacial score (nSPS) is 19.0. The first-order valence-electron chi connectivity index (χ1n) is 8.96.